The number of anilines is 3. The lowest BCUT2D eigenvalue weighted by molar-refractivity contribution is -0.0354. The average Bonchev–Trinajstić information content (AvgIpc) is 3.01. The first-order valence-corrected chi connectivity index (χ1v) is 9.09. The van der Waals surface area contributed by atoms with Gasteiger partial charge in [0.05, 0.1) is 13.3 Å². The van der Waals surface area contributed by atoms with Crippen LogP contribution in [0, 0.1) is 0 Å². The minimum atomic E-state index is -4.71. The third-order valence-corrected chi connectivity index (χ3v) is 4.69. The van der Waals surface area contributed by atoms with Crippen LogP contribution in [0.25, 0.3) is 0 Å². The summed E-state index contributed by atoms with van der Waals surface area (Å²) >= 11 is 0. The molecular weight excluding hydrogens is 373 g/mol. The number of aromatic amines is 1. The van der Waals surface area contributed by atoms with Crippen LogP contribution < -0.4 is 21.1 Å². The van der Waals surface area contributed by atoms with Gasteiger partial charge in [0.2, 0.25) is 5.95 Å². The van der Waals surface area contributed by atoms with Gasteiger partial charge in [0.1, 0.15) is 24.0 Å². The second kappa shape index (κ2) is 6.78. The molecule has 2 aliphatic rings. The summed E-state index contributed by atoms with van der Waals surface area (Å²) in [5, 5.41) is 10.6. The van der Waals surface area contributed by atoms with Crippen molar-refractivity contribution in [2.75, 3.05) is 43.0 Å². The van der Waals surface area contributed by atoms with E-state index in [0.29, 0.717) is 0 Å². The van der Waals surface area contributed by atoms with Gasteiger partial charge in [-0.3, -0.25) is 14.3 Å². The van der Waals surface area contributed by atoms with E-state index in [0.717, 1.165) is 0 Å². The molecule has 14 heteroatoms. The minimum Gasteiger partial charge on any atom is -0.386 e. The number of nitrogens with two attached hydrogens (primary N) is 1. The fourth-order valence-corrected chi connectivity index (χ4v) is 3.50. The smallest absolute Gasteiger partial charge is 0.386 e. The van der Waals surface area contributed by atoms with Crippen molar-refractivity contribution >= 4 is 25.3 Å². The predicted octanol–water partition coefficient (Wildman–Crippen LogP) is -2.22. The quantitative estimate of drug-likeness (QED) is 0.340. The van der Waals surface area contributed by atoms with E-state index in [1.807, 2.05) is 0 Å². The van der Waals surface area contributed by atoms with Crippen LogP contribution in [-0.4, -0.2) is 76.8 Å². The summed E-state index contributed by atoms with van der Waals surface area (Å²) in [6.07, 6.45) is -4.02. The van der Waals surface area contributed by atoms with E-state index < -0.39 is 44.5 Å². The molecule has 146 valence electrons. The maximum atomic E-state index is 12.1. The van der Waals surface area contributed by atoms with Crippen molar-refractivity contribution in [3.63, 3.8) is 0 Å². The van der Waals surface area contributed by atoms with E-state index in [4.69, 9.17) is 25.0 Å². The van der Waals surface area contributed by atoms with Crippen LogP contribution in [0.5, 0.6) is 0 Å². The number of nitrogens with one attached hydrogen (secondary N) is 1. The molecule has 0 unspecified atom stereocenters. The number of aromatic nitrogens is 2. The topological polar surface area (TPSA) is 184 Å². The molecule has 3 rings (SSSR count). The van der Waals surface area contributed by atoms with Crippen LogP contribution in [0.3, 0.4) is 0 Å². The lowest BCUT2D eigenvalue weighted by Crippen LogP contribution is -2.46. The molecule has 1 aromatic rings. The van der Waals surface area contributed by atoms with Crippen molar-refractivity contribution in [3.8, 4) is 0 Å². The van der Waals surface area contributed by atoms with Crippen molar-refractivity contribution < 1.29 is 33.5 Å². The van der Waals surface area contributed by atoms with E-state index in [9.17, 15) is 14.5 Å². The van der Waals surface area contributed by atoms with Crippen LogP contribution in [0.15, 0.2) is 4.79 Å². The summed E-state index contributed by atoms with van der Waals surface area (Å²) in [6.45, 7) is -0.309. The number of hydrogen-bond acceptors (Lipinski definition) is 10. The number of aliphatic hydroxyl groups excluding tert-OH is 1. The van der Waals surface area contributed by atoms with Gasteiger partial charge in [-0.15, -0.1) is 0 Å². The molecule has 0 aromatic carbocycles. The van der Waals surface area contributed by atoms with Crippen molar-refractivity contribution in [2.24, 2.45) is 0 Å². The Bertz CT molecular complexity index is 783. The number of rotatable bonds is 5. The summed E-state index contributed by atoms with van der Waals surface area (Å²) in [4.78, 5) is 39.5. The second-order valence-electron chi connectivity index (χ2n) is 5.97. The Hall–Kier alpha value is -1.73. The van der Waals surface area contributed by atoms with Gasteiger partial charge in [0.15, 0.2) is 12.0 Å². The maximum Gasteiger partial charge on any atom is 0.469 e. The molecular formula is C12H20N5O8P. The zero-order chi connectivity index (χ0) is 19.2. The molecule has 0 aliphatic carbocycles. The molecule has 1 aromatic heterocycles. The third-order valence-electron chi connectivity index (χ3n) is 4.21. The summed E-state index contributed by atoms with van der Waals surface area (Å²) < 4.78 is 26.3. The van der Waals surface area contributed by atoms with Gasteiger partial charge in [-0.1, -0.05) is 0 Å². The Morgan fingerprint density at radius 2 is 2.19 bits per heavy atom. The molecule has 3 heterocycles. The van der Waals surface area contributed by atoms with E-state index in [1.165, 1.54) is 12.0 Å². The number of phosphoric ester groups is 1. The highest BCUT2D eigenvalue weighted by Crippen LogP contribution is 2.39. The summed E-state index contributed by atoms with van der Waals surface area (Å²) in [5.74, 6) is 0.135. The molecule has 6 N–H and O–H groups in total. The first-order valence-electron chi connectivity index (χ1n) is 7.56. The zero-order valence-corrected chi connectivity index (χ0v) is 14.9. The van der Waals surface area contributed by atoms with Crippen molar-refractivity contribution in [1.29, 1.82) is 0 Å². The Balaban J connectivity index is 1.87. The molecule has 26 heavy (non-hydrogen) atoms. The van der Waals surface area contributed by atoms with Gasteiger partial charge in [-0.2, -0.15) is 4.98 Å². The highest BCUT2D eigenvalue weighted by atomic mass is 31.2. The molecule has 0 saturated carbocycles. The van der Waals surface area contributed by atoms with E-state index >= 15 is 0 Å². The Labute approximate surface area is 147 Å². The average molecular weight is 393 g/mol. The molecule has 4 atom stereocenters. The fourth-order valence-electron chi connectivity index (χ4n) is 3.16. The Morgan fingerprint density at radius 1 is 1.50 bits per heavy atom. The molecule has 0 amide bonds. The normalized spacial score (nSPS) is 28.7. The second-order valence-corrected chi connectivity index (χ2v) is 7.21. The molecule has 0 spiro atoms. The molecule has 0 bridgehead atoms. The summed E-state index contributed by atoms with van der Waals surface area (Å²) in [5.41, 5.74) is 5.43. The molecule has 1 fully saturated rings. The van der Waals surface area contributed by atoms with E-state index in [2.05, 4.69) is 14.5 Å². The monoisotopic (exact) mass is 393 g/mol. The number of methoxy groups -OCH3 is 1. The summed E-state index contributed by atoms with van der Waals surface area (Å²) in [7, 11) is -1.72. The number of hydrogen-bond donors (Lipinski definition) is 5. The summed E-state index contributed by atoms with van der Waals surface area (Å²) in [6, 6.07) is 0. The van der Waals surface area contributed by atoms with Crippen LogP contribution in [0.1, 0.15) is 0 Å². The number of fused-ring (bicyclic) bond motifs is 1. The van der Waals surface area contributed by atoms with Gasteiger partial charge in [0, 0.05) is 14.2 Å². The van der Waals surface area contributed by atoms with Crippen molar-refractivity contribution in [2.45, 2.75) is 24.5 Å². The van der Waals surface area contributed by atoms with Crippen LogP contribution >= 0.6 is 7.82 Å². The van der Waals surface area contributed by atoms with E-state index in [-0.39, 0.29) is 24.1 Å². The lowest BCUT2D eigenvalue weighted by atomic mass is 10.1. The van der Waals surface area contributed by atoms with Gasteiger partial charge in [-0.05, 0) is 0 Å². The van der Waals surface area contributed by atoms with Gasteiger partial charge in [0.25, 0.3) is 5.56 Å². The number of nitrogen functional groups attached to an aromatic ring is 1. The molecule has 13 nitrogen and oxygen atoms in total. The number of ether oxygens (including phenoxy) is 2. The third kappa shape index (κ3) is 3.42. The highest BCUT2D eigenvalue weighted by Gasteiger charge is 2.50. The van der Waals surface area contributed by atoms with Gasteiger partial charge in [-0.25, -0.2) is 4.57 Å². The molecule has 2 aliphatic heterocycles. The number of H-pyrrole nitrogens is 1. The van der Waals surface area contributed by atoms with Crippen molar-refractivity contribution in [1.82, 2.24) is 9.97 Å². The SMILES string of the molecule is CO[C@H]1[C@@H](O)[C@H](N2CN(C)c3c2nc(N)[nH]c3=O)O[C@@H]1COP(=O)(O)O. The maximum absolute atomic E-state index is 12.1. The van der Waals surface area contributed by atoms with Crippen LogP contribution in [-0.2, 0) is 18.6 Å². The van der Waals surface area contributed by atoms with Crippen molar-refractivity contribution in [3.05, 3.63) is 10.4 Å². The standard InChI is InChI=1S/C12H20N5O8P/c1-16-4-17(9-6(16)10(19)15-12(13)14-9)11-7(18)8(23-2)5(25-11)3-24-26(20,21)22/h5,7-8,11,18H,3-4H2,1-2H3,(H2,20,21,22)(H3,13,14,15,19)/t5-,7-,8-,11-/m1/s1. The Morgan fingerprint density at radius 3 is 2.81 bits per heavy atom. The fraction of sp³-hybridized carbons (Fsp3) is 0.667. The first kappa shape index (κ1) is 19.0. The van der Waals surface area contributed by atoms with Crippen LogP contribution in [0.2, 0.25) is 0 Å². The zero-order valence-electron chi connectivity index (χ0n) is 14.0. The van der Waals surface area contributed by atoms with E-state index in [1.54, 1.807) is 11.9 Å². The van der Waals surface area contributed by atoms with Gasteiger partial charge >= 0.3 is 7.82 Å². The van der Waals surface area contributed by atoms with Gasteiger partial charge < -0.3 is 39.9 Å². The number of phosphoric acid groups is 1. The largest absolute Gasteiger partial charge is 0.469 e. The molecule has 1 saturated heterocycles. The highest BCUT2D eigenvalue weighted by molar-refractivity contribution is 7.46. The predicted molar refractivity (Wildman–Crippen MR) is 88.5 cm³/mol. The molecule has 0 radical (unpaired) electrons. The first-order chi connectivity index (χ1) is 12.1. The lowest BCUT2D eigenvalue weighted by Gasteiger charge is -2.27. The number of aliphatic hydroxyl groups is 1. The minimum absolute atomic E-state index is 0.0915. The Kier molecular flexibility index (Phi) is 4.96. The number of nitrogens with zero attached hydrogens (tertiary/aromatic N) is 3. The van der Waals surface area contributed by atoms with Crippen LogP contribution in [0.4, 0.5) is 17.5 Å².